The third-order valence-electron chi connectivity index (χ3n) is 3.26. The number of benzene rings is 2. The van der Waals surface area contributed by atoms with E-state index in [1.807, 2.05) is 30.3 Å². The van der Waals surface area contributed by atoms with Crippen LogP contribution in [-0.2, 0) is 6.54 Å². The van der Waals surface area contributed by atoms with E-state index < -0.39 is 5.82 Å². The van der Waals surface area contributed by atoms with E-state index in [2.05, 4.69) is 0 Å². The number of hydrogen-bond donors (Lipinski definition) is 1. The average Bonchev–Trinajstić information content (AvgIpc) is 2.47. The second-order valence-corrected chi connectivity index (χ2v) is 4.98. The lowest BCUT2D eigenvalue weighted by atomic mass is 10.1. The maximum absolute atomic E-state index is 14.0. The van der Waals surface area contributed by atoms with Gasteiger partial charge in [0, 0.05) is 19.6 Å². The van der Waals surface area contributed by atoms with E-state index in [1.54, 1.807) is 17.9 Å². The highest BCUT2D eigenvalue weighted by atomic mass is 19.1. The van der Waals surface area contributed by atoms with Crippen LogP contribution < -0.4 is 5.73 Å². The molecular weight excluding hydrogens is 267 g/mol. The van der Waals surface area contributed by atoms with E-state index in [1.165, 1.54) is 12.1 Å². The van der Waals surface area contributed by atoms with Gasteiger partial charge in [0.15, 0.2) is 0 Å². The summed E-state index contributed by atoms with van der Waals surface area (Å²) in [4.78, 5) is 14.1. The van der Waals surface area contributed by atoms with Crippen molar-refractivity contribution in [3.05, 3.63) is 71.0 Å². The van der Waals surface area contributed by atoms with Gasteiger partial charge in [-0.2, -0.15) is 0 Å². The number of amides is 1. The minimum absolute atomic E-state index is 0.0879. The van der Waals surface area contributed by atoms with Crippen molar-refractivity contribution in [3.8, 4) is 0 Å². The van der Waals surface area contributed by atoms with Gasteiger partial charge in [-0.3, -0.25) is 4.79 Å². The fraction of sp³-hybridized carbons (Fsp3) is 0.235. The van der Waals surface area contributed by atoms with Crippen LogP contribution in [0.3, 0.4) is 0 Å². The highest BCUT2D eigenvalue weighted by Crippen LogP contribution is 2.14. The molecule has 0 atom stereocenters. The quantitative estimate of drug-likeness (QED) is 0.918. The summed E-state index contributed by atoms with van der Waals surface area (Å²) in [6.45, 7) is 2.94. The zero-order valence-electron chi connectivity index (χ0n) is 12.1. The lowest BCUT2D eigenvalue weighted by Crippen LogP contribution is -2.35. The fourth-order valence-electron chi connectivity index (χ4n) is 2.18. The van der Waals surface area contributed by atoms with Crippen LogP contribution in [0.4, 0.5) is 4.39 Å². The van der Waals surface area contributed by atoms with E-state index in [-0.39, 0.29) is 11.5 Å². The number of nitrogens with two attached hydrogens (primary N) is 1. The van der Waals surface area contributed by atoms with Crippen molar-refractivity contribution in [2.24, 2.45) is 5.73 Å². The molecule has 110 valence electrons. The van der Waals surface area contributed by atoms with Gasteiger partial charge in [0.1, 0.15) is 5.82 Å². The Balaban J connectivity index is 2.23. The minimum atomic E-state index is -0.491. The summed E-state index contributed by atoms with van der Waals surface area (Å²) in [5.41, 5.74) is 7.44. The molecule has 2 aromatic rings. The van der Waals surface area contributed by atoms with Crippen LogP contribution >= 0.6 is 0 Å². The molecule has 0 aromatic heterocycles. The van der Waals surface area contributed by atoms with E-state index in [9.17, 15) is 9.18 Å². The van der Waals surface area contributed by atoms with Crippen LogP contribution in [0, 0.1) is 12.7 Å². The van der Waals surface area contributed by atoms with Gasteiger partial charge in [-0.1, -0.05) is 36.4 Å². The molecule has 2 rings (SSSR count). The first kappa shape index (κ1) is 15.2. The molecule has 2 aromatic carbocycles. The molecule has 0 aliphatic rings. The van der Waals surface area contributed by atoms with Gasteiger partial charge in [0.25, 0.3) is 5.91 Å². The molecular formula is C17H19FN2O. The van der Waals surface area contributed by atoms with Crippen LogP contribution in [0.25, 0.3) is 0 Å². The number of halogens is 1. The number of hydrogen-bond acceptors (Lipinski definition) is 2. The van der Waals surface area contributed by atoms with E-state index >= 15 is 0 Å². The minimum Gasteiger partial charge on any atom is -0.333 e. The van der Waals surface area contributed by atoms with Gasteiger partial charge in [-0.25, -0.2) is 4.39 Å². The normalized spacial score (nSPS) is 10.4. The monoisotopic (exact) mass is 286 g/mol. The molecule has 4 heteroatoms. The topological polar surface area (TPSA) is 46.3 Å². The van der Waals surface area contributed by atoms with Gasteiger partial charge in [0.2, 0.25) is 0 Å². The molecule has 0 aliphatic carbocycles. The maximum atomic E-state index is 14.0. The Morgan fingerprint density at radius 2 is 1.90 bits per heavy atom. The summed E-state index contributed by atoms with van der Waals surface area (Å²) in [7, 11) is 0. The van der Waals surface area contributed by atoms with Crippen LogP contribution in [0.1, 0.15) is 21.5 Å². The van der Waals surface area contributed by atoms with Gasteiger partial charge in [0.05, 0.1) is 5.56 Å². The largest absolute Gasteiger partial charge is 0.333 e. The molecule has 0 bridgehead atoms. The third kappa shape index (κ3) is 3.89. The molecule has 2 N–H and O–H groups in total. The molecule has 0 spiro atoms. The second kappa shape index (κ2) is 6.99. The standard InChI is InChI=1S/C17H19FN2O/c1-13-7-8-15(16(18)11-13)17(21)20(10-9-19)12-14-5-3-2-4-6-14/h2-8,11H,9-10,12,19H2,1H3. The van der Waals surface area contributed by atoms with Gasteiger partial charge < -0.3 is 10.6 Å². The van der Waals surface area contributed by atoms with Crippen molar-refractivity contribution in [1.29, 1.82) is 0 Å². The Labute approximate surface area is 124 Å². The molecule has 1 amide bonds. The summed E-state index contributed by atoms with van der Waals surface area (Å²) < 4.78 is 14.0. The Morgan fingerprint density at radius 3 is 2.52 bits per heavy atom. The molecule has 0 unspecified atom stereocenters. The lowest BCUT2D eigenvalue weighted by Gasteiger charge is -2.22. The predicted octanol–water partition coefficient (Wildman–Crippen LogP) is 2.74. The van der Waals surface area contributed by atoms with E-state index in [0.29, 0.717) is 19.6 Å². The number of carbonyl (C=O) groups excluding carboxylic acids is 1. The Morgan fingerprint density at radius 1 is 1.19 bits per heavy atom. The van der Waals surface area contributed by atoms with Crippen LogP contribution in [0.5, 0.6) is 0 Å². The van der Waals surface area contributed by atoms with Gasteiger partial charge in [-0.05, 0) is 30.2 Å². The van der Waals surface area contributed by atoms with Crippen molar-refractivity contribution in [3.63, 3.8) is 0 Å². The average molecular weight is 286 g/mol. The van der Waals surface area contributed by atoms with Crippen molar-refractivity contribution in [1.82, 2.24) is 4.90 Å². The number of rotatable bonds is 5. The summed E-state index contributed by atoms with van der Waals surface area (Å²) in [6, 6.07) is 14.2. The third-order valence-corrected chi connectivity index (χ3v) is 3.26. The summed E-state index contributed by atoms with van der Waals surface area (Å²) in [5, 5.41) is 0. The van der Waals surface area contributed by atoms with Crippen molar-refractivity contribution >= 4 is 5.91 Å². The molecule has 3 nitrogen and oxygen atoms in total. The summed E-state index contributed by atoms with van der Waals surface area (Å²) in [5.74, 6) is -0.822. The molecule has 0 saturated carbocycles. The van der Waals surface area contributed by atoms with Gasteiger partial charge >= 0.3 is 0 Å². The summed E-state index contributed by atoms with van der Waals surface area (Å²) in [6.07, 6.45) is 0. The Bertz CT molecular complexity index is 613. The highest BCUT2D eigenvalue weighted by molar-refractivity contribution is 5.94. The number of carbonyl (C=O) groups is 1. The van der Waals surface area contributed by atoms with E-state index in [4.69, 9.17) is 5.73 Å². The first-order chi connectivity index (χ1) is 10.1. The molecule has 0 aliphatic heterocycles. The van der Waals surface area contributed by atoms with Crippen LogP contribution in [0.15, 0.2) is 48.5 Å². The zero-order valence-corrected chi connectivity index (χ0v) is 12.1. The molecule has 21 heavy (non-hydrogen) atoms. The number of nitrogens with zero attached hydrogens (tertiary/aromatic N) is 1. The molecule has 0 radical (unpaired) electrons. The van der Waals surface area contributed by atoms with Crippen molar-refractivity contribution < 1.29 is 9.18 Å². The smallest absolute Gasteiger partial charge is 0.257 e. The van der Waals surface area contributed by atoms with Crippen LogP contribution in [-0.4, -0.2) is 23.9 Å². The maximum Gasteiger partial charge on any atom is 0.257 e. The van der Waals surface area contributed by atoms with E-state index in [0.717, 1.165) is 11.1 Å². The molecule has 0 heterocycles. The Hall–Kier alpha value is -2.20. The van der Waals surface area contributed by atoms with Gasteiger partial charge in [-0.15, -0.1) is 0 Å². The molecule has 0 saturated heterocycles. The lowest BCUT2D eigenvalue weighted by molar-refractivity contribution is 0.0743. The predicted molar refractivity (Wildman–Crippen MR) is 81.4 cm³/mol. The molecule has 0 fully saturated rings. The van der Waals surface area contributed by atoms with Crippen molar-refractivity contribution in [2.45, 2.75) is 13.5 Å². The zero-order chi connectivity index (χ0) is 15.2. The second-order valence-electron chi connectivity index (χ2n) is 4.98. The van der Waals surface area contributed by atoms with Crippen LogP contribution in [0.2, 0.25) is 0 Å². The number of aryl methyl sites for hydroxylation is 1. The fourth-order valence-corrected chi connectivity index (χ4v) is 2.18. The summed E-state index contributed by atoms with van der Waals surface area (Å²) >= 11 is 0. The Kier molecular flexibility index (Phi) is 5.06. The highest BCUT2D eigenvalue weighted by Gasteiger charge is 2.19. The first-order valence-corrected chi connectivity index (χ1v) is 6.91. The SMILES string of the molecule is Cc1ccc(C(=O)N(CCN)Cc2ccccc2)c(F)c1. The van der Waals surface area contributed by atoms with Crippen molar-refractivity contribution in [2.75, 3.05) is 13.1 Å². The first-order valence-electron chi connectivity index (χ1n) is 6.91.